The lowest BCUT2D eigenvalue weighted by Crippen LogP contribution is -2.19. The van der Waals surface area contributed by atoms with Crippen LogP contribution in [0.25, 0.3) is 0 Å². The Morgan fingerprint density at radius 3 is 2.79 bits per heavy atom. The summed E-state index contributed by atoms with van der Waals surface area (Å²) in [7, 11) is 3.13. The van der Waals surface area contributed by atoms with Gasteiger partial charge in [0.05, 0.1) is 23.8 Å². The number of nitrogens with one attached hydrogen (secondary N) is 1. The minimum atomic E-state index is -0.604. The van der Waals surface area contributed by atoms with Gasteiger partial charge in [-0.1, -0.05) is 13.3 Å². The van der Waals surface area contributed by atoms with E-state index in [1.165, 1.54) is 31.5 Å². The number of nitro groups is 1. The van der Waals surface area contributed by atoms with Crippen molar-refractivity contribution in [3.63, 3.8) is 0 Å². The topological polar surface area (TPSA) is 109 Å². The number of ether oxygens (including phenoxy) is 1. The molecular formula is C16H20N4O4. The number of carbonyl (C=O) groups excluding carboxylic acids is 1. The highest BCUT2D eigenvalue weighted by atomic mass is 16.6. The zero-order valence-electron chi connectivity index (χ0n) is 13.9. The van der Waals surface area contributed by atoms with Crippen LogP contribution in [0.2, 0.25) is 0 Å². The number of hydrogen-bond acceptors (Lipinski definition) is 6. The first kappa shape index (κ1) is 19.0. The Kier molecular flexibility index (Phi) is 7.23. The summed E-state index contributed by atoms with van der Waals surface area (Å²) in [4.78, 5) is 24.2. The van der Waals surface area contributed by atoms with Crippen molar-refractivity contribution >= 4 is 17.3 Å². The second kappa shape index (κ2) is 9.15. The van der Waals surface area contributed by atoms with E-state index in [-0.39, 0.29) is 22.7 Å². The Labute approximate surface area is 140 Å². The summed E-state index contributed by atoms with van der Waals surface area (Å²) in [6.07, 6.45) is 3.43. The van der Waals surface area contributed by atoms with Crippen LogP contribution in [0, 0.1) is 21.4 Å². The van der Waals surface area contributed by atoms with Crippen molar-refractivity contribution in [2.75, 3.05) is 26.0 Å². The molecule has 0 heterocycles. The third-order valence-electron chi connectivity index (χ3n) is 3.22. The molecule has 0 bridgehead atoms. The number of anilines is 1. The van der Waals surface area contributed by atoms with Crippen LogP contribution in [0.1, 0.15) is 19.8 Å². The Bertz CT molecular complexity index is 679. The molecule has 0 aliphatic rings. The minimum Gasteiger partial charge on any atom is -0.494 e. The first-order valence-electron chi connectivity index (χ1n) is 7.38. The van der Waals surface area contributed by atoms with Gasteiger partial charge in [-0.25, -0.2) is 0 Å². The van der Waals surface area contributed by atoms with Gasteiger partial charge in [-0.3, -0.25) is 14.9 Å². The van der Waals surface area contributed by atoms with Crippen molar-refractivity contribution in [1.82, 2.24) is 4.90 Å². The minimum absolute atomic E-state index is 0.0611. The summed E-state index contributed by atoms with van der Waals surface area (Å²) >= 11 is 0. The molecule has 0 fully saturated rings. The SMILES string of the molecule is CCCCN(C)/C=C(/C#N)C(=O)Nc1ccc([N+](=O)[O-])cc1OC. The lowest BCUT2D eigenvalue weighted by Gasteiger charge is -2.14. The van der Waals surface area contributed by atoms with E-state index in [1.54, 1.807) is 11.9 Å². The monoisotopic (exact) mass is 332 g/mol. The molecule has 1 amide bonds. The predicted octanol–water partition coefficient (Wildman–Crippen LogP) is 2.68. The van der Waals surface area contributed by atoms with Crippen LogP contribution < -0.4 is 10.1 Å². The highest BCUT2D eigenvalue weighted by Gasteiger charge is 2.16. The van der Waals surface area contributed by atoms with E-state index >= 15 is 0 Å². The van der Waals surface area contributed by atoms with Gasteiger partial charge in [0, 0.05) is 25.9 Å². The van der Waals surface area contributed by atoms with E-state index in [9.17, 15) is 14.9 Å². The van der Waals surface area contributed by atoms with E-state index in [1.807, 2.05) is 6.07 Å². The van der Waals surface area contributed by atoms with Crippen molar-refractivity contribution < 1.29 is 14.5 Å². The molecule has 0 saturated heterocycles. The average molecular weight is 332 g/mol. The Morgan fingerprint density at radius 2 is 2.25 bits per heavy atom. The smallest absolute Gasteiger partial charge is 0.273 e. The Morgan fingerprint density at radius 1 is 1.54 bits per heavy atom. The van der Waals surface area contributed by atoms with Crippen molar-refractivity contribution in [2.24, 2.45) is 0 Å². The largest absolute Gasteiger partial charge is 0.494 e. The molecule has 0 aliphatic heterocycles. The molecule has 0 aromatic heterocycles. The van der Waals surface area contributed by atoms with Gasteiger partial charge in [0.2, 0.25) is 0 Å². The van der Waals surface area contributed by atoms with Gasteiger partial charge in [-0.05, 0) is 12.5 Å². The highest BCUT2D eigenvalue weighted by Crippen LogP contribution is 2.29. The zero-order chi connectivity index (χ0) is 18.1. The first-order chi connectivity index (χ1) is 11.4. The molecule has 0 saturated carbocycles. The van der Waals surface area contributed by atoms with Crippen LogP contribution in [0.5, 0.6) is 5.75 Å². The summed E-state index contributed by atoms with van der Waals surface area (Å²) in [5, 5.41) is 22.5. The van der Waals surface area contributed by atoms with Crippen LogP contribution in [0.3, 0.4) is 0 Å². The third-order valence-corrected chi connectivity index (χ3v) is 3.22. The molecule has 1 aromatic carbocycles. The molecule has 0 spiro atoms. The summed E-state index contributed by atoms with van der Waals surface area (Å²) in [6, 6.07) is 5.68. The fourth-order valence-corrected chi connectivity index (χ4v) is 1.92. The van der Waals surface area contributed by atoms with E-state index in [2.05, 4.69) is 12.2 Å². The van der Waals surface area contributed by atoms with Gasteiger partial charge >= 0.3 is 0 Å². The van der Waals surface area contributed by atoms with Gasteiger partial charge < -0.3 is 15.0 Å². The Hall–Kier alpha value is -3.08. The number of non-ortho nitro benzene ring substituents is 1. The molecule has 0 unspecified atom stereocenters. The van der Waals surface area contributed by atoms with Gasteiger partial charge in [0.15, 0.2) is 0 Å². The van der Waals surface area contributed by atoms with E-state index in [0.717, 1.165) is 19.4 Å². The number of hydrogen-bond donors (Lipinski definition) is 1. The molecule has 0 aliphatic carbocycles. The quantitative estimate of drug-likeness (QED) is 0.339. The predicted molar refractivity (Wildman–Crippen MR) is 89.5 cm³/mol. The van der Waals surface area contributed by atoms with Crippen LogP contribution >= 0.6 is 0 Å². The van der Waals surface area contributed by atoms with Gasteiger partial charge in [-0.2, -0.15) is 5.26 Å². The number of unbranched alkanes of at least 4 members (excludes halogenated alkanes) is 1. The second-order valence-electron chi connectivity index (χ2n) is 5.08. The maximum absolute atomic E-state index is 12.2. The highest BCUT2D eigenvalue weighted by molar-refractivity contribution is 6.07. The summed E-state index contributed by atoms with van der Waals surface area (Å²) < 4.78 is 5.05. The molecule has 8 heteroatoms. The number of methoxy groups -OCH3 is 1. The third kappa shape index (κ3) is 5.28. The molecule has 8 nitrogen and oxygen atoms in total. The van der Waals surface area contributed by atoms with Gasteiger partial charge in [-0.15, -0.1) is 0 Å². The number of benzene rings is 1. The van der Waals surface area contributed by atoms with E-state index in [4.69, 9.17) is 10.00 Å². The lowest BCUT2D eigenvalue weighted by molar-refractivity contribution is -0.384. The van der Waals surface area contributed by atoms with Crippen molar-refractivity contribution in [3.05, 3.63) is 40.1 Å². The van der Waals surface area contributed by atoms with Crippen LogP contribution in [0.4, 0.5) is 11.4 Å². The lowest BCUT2D eigenvalue weighted by atomic mass is 10.2. The molecule has 1 aromatic rings. The molecule has 0 atom stereocenters. The zero-order valence-corrected chi connectivity index (χ0v) is 13.9. The Balaban J connectivity index is 2.94. The fraction of sp³-hybridized carbons (Fsp3) is 0.375. The van der Waals surface area contributed by atoms with Gasteiger partial charge in [0.1, 0.15) is 17.4 Å². The number of carbonyl (C=O) groups is 1. The number of nitriles is 1. The van der Waals surface area contributed by atoms with Crippen molar-refractivity contribution in [1.29, 1.82) is 5.26 Å². The number of rotatable bonds is 8. The summed E-state index contributed by atoms with van der Waals surface area (Å²) in [5.74, 6) is -0.456. The molecule has 24 heavy (non-hydrogen) atoms. The molecule has 0 radical (unpaired) electrons. The normalized spacial score (nSPS) is 10.7. The maximum atomic E-state index is 12.2. The molecular weight excluding hydrogens is 312 g/mol. The molecule has 1 N–H and O–H groups in total. The number of amides is 1. The van der Waals surface area contributed by atoms with E-state index < -0.39 is 10.8 Å². The standard InChI is InChI=1S/C16H20N4O4/c1-4-5-8-19(2)11-12(10-17)16(21)18-14-7-6-13(20(22)23)9-15(14)24-3/h6-7,9,11H,4-5,8H2,1-3H3,(H,18,21)/b12-11-. The van der Waals surface area contributed by atoms with Crippen LogP contribution in [0.15, 0.2) is 30.0 Å². The number of nitrogens with zero attached hydrogens (tertiary/aromatic N) is 3. The fourth-order valence-electron chi connectivity index (χ4n) is 1.92. The number of nitro benzene ring substituents is 1. The maximum Gasteiger partial charge on any atom is 0.273 e. The van der Waals surface area contributed by atoms with Crippen LogP contribution in [-0.2, 0) is 4.79 Å². The second-order valence-corrected chi connectivity index (χ2v) is 5.08. The van der Waals surface area contributed by atoms with Gasteiger partial charge in [0.25, 0.3) is 11.6 Å². The summed E-state index contributed by atoms with van der Waals surface area (Å²) in [6.45, 7) is 2.78. The van der Waals surface area contributed by atoms with E-state index in [0.29, 0.717) is 0 Å². The molecule has 128 valence electrons. The van der Waals surface area contributed by atoms with Crippen molar-refractivity contribution in [3.8, 4) is 11.8 Å². The molecule has 1 rings (SSSR count). The van der Waals surface area contributed by atoms with Crippen molar-refractivity contribution in [2.45, 2.75) is 19.8 Å². The average Bonchev–Trinajstić information content (AvgIpc) is 2.57. The summed E-state index contributed by atoms with van der Waals surface area (Å²) in [5.41, 5.74) is 0.0414. The first-order valence-corrected chi connectivity index (χ1v) is 7.38. The van der Waals surface area contributed by atoms with Crippen LogP contribution in [-0.4, -0.2) is 36.4 Å².